The third-order valence-corrected chi connectivity index (χ3v) is 5.67. The lowest BCUT2D eigenvalue weighted by Gasteiger charge is -2.09. The predicted octanol–water partition coefficient (Wildman–Crippen LogP) is 2.34. The van der Waals surface area contributed by atoms with Crippen molar-refractivity contribution in [1.82, 2.24) is 30.9 Å². The molecular weight excluding hydrogens is 452 g/mol. The standard InChI is InChI=1S/C21H21ClN6O3S/c1-28-13-24-27-21(28)32-12-14-2-4-16(5-3-14)20(31)26-25-18(29)10-11-23-19(30)15-6-8-17(22)9-7-15/h2-9,13H,10-12H2,1H3,(H,23,30)(H,25,29)(H,26,31). The number of thioether (sulfide) groups is 1. The molecule has 0 saturated heterocycles. The van der Waals surface area contributed by atoms with Crippen LogP contribution in [0.25, 0.3) is 0 Å². The molecule has 0 fully saturated rings. The lowest BCUT2D eigenvalue weighted by molar-refractivity contribution is -0.121. The van der Waals surface area contributed by atoms with Gasteiger partial charge < -0.3 is 9.88 Å². The van der Waals surface area contributed by atoms with Crippen molar-refractivity contribution in [1.29, 1.82) is 0 Å². The zero-order valence-corrected chi connectivity index (χ0v) is 18.7. The van der Waals surface area contributed by atoms with Crippen LogP contribution in [0.2, 0.25) is 5.02 Å². The van der Waals surface area contributed by atoms with Crippen LogP contribution in [-0.2, 0) is 17.6 Å². The summed E-state index contributed by atoms with van der Waals surface area (Å²) < 4.78 is 1.83. The number of hydrogen-bond acceptors (Lipinski definition) is 6. The first-order chi connectivity index (χ1) is 15.4. The number of aromatic nitrogens is 3. The molecule has 0 aliphatic heterocycles. The summed E-state index contributed by atoms with van der Waals surface area (Å²) in [6, 6.07) is 13.5. The van der Waals surface area contributed by atoms with Gasteiger partial charge in [-0.2, -0.15) is 0 Å². The number of carbonyl (C=O) groups is 3. The Hall–Kier alpha value is -3.37. The molecule has 2 aromatic carbocycles. The maximum Gasteiger partial charge on any atom is 0.269 e. The summed E-state index contributed by atoms with van der Waals surface area (Å²) in [7, 11) is 1.87. The number of hydrogen-bond donors (Lipinski definition) is 3. The van der Waals surface area contributed by atoms with E-state index in [1.165, 1.54) is 11.8 Å². The van der Waals surface area contributed by atoms with Gasteiger partial charge in [-0.05, 0) is 42.0 Å². The minimum Gasteiger partial charge on any atom is -0.352 e. The predicted molar refractivity (Wildman–Crippen MR) is 121 cm³/mol. The van der Waals surface area contributed by atoms with E-state index in [1.807, 2.05) is 23.7 Å². The molecule has 3 aromatic rings. The van der Waals surface area contributed by atoms with E-state index in [4.69, 9.17) is 11.6 Å². The van der Waals surface area contributed by atoms with Gasteiger partial charge in [0.2, 0.25) is 5.91 Å². The molecule has 3 amide bonds. The highest BCUT2D eigenvalue weighted by Gasteiger charge is 2.10. The highest BCUT2D eigenvalue weighted by Crippen LogP contribution is 2.20. The molecule has 0 saturated carbocycles. The van der Waals surface area contributed by atoms with Gasteiger partial charge in [-0.25, -0.2) is 0 Å². The number of nitrogens with one attached hydrogen (secondary N) is 3. The summed E-state index contributed by atoms with van der Waals surface area (Å²) in [6.07, 6.45) is 1.65. The third kappa shape index (κ3) is 6.82. The SMILES string of the molecule is Cn1cnnc1SCc1ccc(C(=O)NNC(=O)CCNC(=O)c2ccc(Cl)cc2)cc1. The molecule has 9 nitrogen and oxygen atoms in total. The number of carbonyl (C=O) groups excluding carboxylic acids is 3. The monoisotopic (exact) mass is 472 g/mol. The number of halogens is 1. The van der Waals surface area contributed by atoms with E-state index in [-0.39, 0.29) is 18.9 Å². The van der Waals surface area contributed by atoms with Crippen LogP contribution in [-0.4, -0.2) is 39.0 Å². The van der Waals surface area contributed by atoms with E-state index >= 15 is 0 Å². The molecular formula is C21H21ClN6O3S. The van der Waals surface area contributed by atoms with Crippen LogP contribution in [0.15, 0.2) is 60.0 Å². The van der Waals surface area contributed by atoms with Gasteiger partial charge in [-0.15, -0.1) is 10.2 Å². The Balaban J connectivity index is 1.37. The first kappa shape index (κ1) is 23.3. The van der Waals surface area contributed by atoms with Crippen molar-refractivity contribution in [2.75, 3.05) is 6.54 Å². The van der Waals surface area contributed by atoms with E-state index in [1.54, 1.807) is 42.7 Å². The average molecular weight is 473 g/mol. The van der Waals surface area contributed by atoms with Crippen molar-refractivity contribution < 1.29 is 14.4 Å². The molecule has 166 valence electrons. The molecule has 0 radical (unpaired) electrons. The number of nitrogens with zero attached hydrogens (tertiary/aromatic N) is 3. The molecule has 0 unspecified atom stereocenters. The van der Waals surface area contributed by atoms with Gasteiger partial charge in [0.05, 0.1) is 0 Å². The van der Waals surface area contributed by atoms with Gasteiger partial charge in [0, 0.05) is 41.9 Å². The minimum absolute atomic E-state index is 0.0117. The summed E-state index contributed by atoms with van der Waals surface area (Å²) in [6.45, 7) is 0.126. The molecule has 0 atom stereocenters. The van der Waals surface area contributed by atoms with Gasteiger partial charge in [-0.3, -0.25) is 25.2 Å². The second-order valence-electron chi connectivity index (χ2n) is 6.73. The van der Waals surface area contributed by atoms with Crippen LogP contribution >= 0.6 is 23.4 Å². The number of hydrazine groups is 1. The molecule has 1 aromatic heterocycles. The zero-order valence-electron chi connectivity index (χ0n) is 17.2. The van der Waals surface area contributed by atoms with E-state index in [0.717, 1.165) is 10.7 Å². The minimum atomic E-state index is -0.434. The van der Waals surface area contributed by atoms with Gasteiger partial charge in [-0.1, -0.05) is 35.5 Å². The van der Waals surface area contributed by atoms with Crippen LogP contribution in [0.3, 0.4) is 0 Å². The van der Waals surface area contributed by atoms with Gasteiger partial charge in [0.15, 0.2) is 5.16 Å². The second kappa shape index (κ2) is 11.3. The fourth-order valence-electron chi connectivity index (χ4n) is 2.56. The largest absolute Gasteiger partial charge is 0.352 e. The molecule has 0 spiro atoms. The lowest BCUT2D eigenvalue weighted by Crippen LogP contribution is -2.42. The maximum atomic E-state index is 12.2. The van der Waals surface area contributed by atoms with Crippen LogP contribution in [0, 0.1) is 0 Å². The Morgan fingerprint density at radius 1 is 0.969 bits per heavy atom. The number of rotatable bonds is 8. The summed E-state index contributed by atoms with van der Waals surface area (Å²) in [5.74, 6) is -0.481. The topological polar surface area (TPSA) is 118 Å². The molecule has 0 aliphatic rings. The van der Waals surface area contributed by atoms with E-state index in [0.29, 0.717) is 21.9 Å². The first-order valence-corrected chi connectivity index (χ1v) is 11.0. The third-order valence-electron chi connectivity index (χ3n) is 4.31. The van der Waals surface area contributed by atoms with Gasteiger partial charge in [0.1, 0.15) is 6.33 Å². The Kier molecular flexibility index (Phi) is 8.23. The molecule has 0 bridgehead atoms. The summed E-state index contributed by atoms with van der Waals surface area (Å²) in [5.41, 5.74) is 6.58. The summed E-state index contributed by atoms with van der Waals surface area (Å²) in [4.78, 5) is 36.1. The fourth-order valence-corrected chi connectivity index (χ4v) is 3.53. The van der Waals surface area contributed by atoms with E-state index < -0.39 is 11.8 Å². The van der Waals surface area contributed by atoms with Crippen LogP contribution in [0.5, 0.6) is 0 Å². The molecule has 0 aliphatic carbocycles. The smallest absolute Gasteiger partial charge is 0.269 e. The van der Waals surface area contributed by atoms with Crippen LogP contribution in [0.1, 0.15) is 32.7 Å². The average Bonchev–Trinajstić information content (AvgIpc) is 3.21. The van der Waals surface area contributed by atoms with Crippen LogP contribution < -0.4 is 16.2 Å². The lowest BCUT2D eigenvalue weighted by atomic mass is 10.1. The maximum absolute atomic E-state index is 12.2. The molecule has 1 heterocycles. The Labute approximate surface area is 193 Å². The Morgan fingerprint density at radius 2 is 1.62 bits per heavy atom. The van der Waals surface area contributed by atoms with Crippen molar-refractivity contribution in [3.8, 4) is 0 Å². The van der Waals surface area contributed by atoms with Crippen molar-refractivity contribution in [3.63, 3.8) is 0 Å². The Morgan fingerprint density at radius 3 is 2.28 bits per heavy atom. The highest BCUT2D eigenvalue weighted by molar-refractivity contribution is 7.98. The molecule has 3 N–H and O–H groups in total. The number of benzene rings is 2. The fraction of sp³-hybridized carbons (Fsp3) is 0.190. The van der Waals surface area contributed by atoms with Gasteiger partial charge >= 0.3 is 0 Å². The highest BCUT2D eigenvalue weighted by atomic mass is 35.5. The molecule has 3 rings (SSSR count). The number of aryl methyl sites for hydroxylation is 1. The summed E-state index contributed by atoms with van der Waals surface area (Å²) >= 11 is 7.33. The quantitative estimate of drug-likeness (QED) is 0.342. The molecule has 11 heteroatoms. The second-order valence-corrected chi connectivity index (χ2v) is 8.10. The summed E-state index contributed by atoms with van der Waals surface area (Å²) in [5, 5.41) is 11.8. The van der Waals surface area contributed by atoms with Crippen molar-refractivity contribution in [2.24, 2.45) is 7.05 Å². The van der Waals surface area contributed by atoms with E-state index in [2.05, 4.69) is 26.4 Å². The van der Waals surface area contributed by atoms with Crippen molar-refractivity contribution in [2.45, 2.75) is 17.3 Å². The zero-order chi connectivity index (χ0) is 22.9. The van der Waals surface area contributed by atoms with Crippen LogP contribution in [0.4, 0.5) is 0 Å². The van der Waals surface area contributed by atoms with Crippen molar-refractivity contribution in [3.05, 3.63) is 76.6 Å². The molecule has 32 heavy (non-hydrogen) atoms. The first-order valence-electron chi connectivity index (χ1n) is 9.61. The Bertz CT molecular complexity index is 1090. The van der Waals surface area contributed by atoms with E-state index in [9.17, 15) is 14.4 Å². The normalized spacial score (nSPS) is 10.4. The van der Waals surface area contributed by atoms with Gasteiger partial charge in [0.25, 0.3) is 11.8 Å². The number of amides is 3. The van der Waals surface area contributed by atoms with Crippen molar-refractivity contribution >= 4 is 41.1 Å².